The fourth-order valence-corrected chi connectivity index (χ4v) is 1.71. The van der Waals surface area contributed by atoms with Crippen molar-refractivity contribution in [1.29, 1.82) is 0 Å². The zero-order valence-electron chi connectivity index (χ0n) is 9.74. The summed E-state index contributed by atoms with van der Waals surface area (Å²) in [6.07, 6.45) is 0.626. The predicted octanol–water partition coefficient (Wildman–Crippen LogP) is -0.786. The van der Waals surface area contributed by atoms with Crippen molar-refractivity contribution in [3.8, 4) is 0 Å². The summed E-state index contributed by atoms with van der Waals surface area (Å²) in [4.78, 5) is 0. The van der Waals surface area contributed by atoms with E-state index in [9.17, 15) is 0 Å². The average molecular weight is 264 g/mol. The Morgan fingerprint density at radius 3 is 2.31 bits per heavy atom. The van der Waals surface area contributed by atoms with Crippen molar-refractivity contribution in [2.45, 2.75) is 18.5 Å². The Bertz CT molecular complexity index is 288. The van der Waals surface area contributed by atoms with Crippen LogP contribution in [-0.2, 0) is 6.54 Å². The summed E-state index contributed by atoms with van der Waals surface area (Å²) >= 11 is 5.53. The lowest BCUT2D eigenvalue weighted by Gasteiger charge is -2.30. The largest absolute Gasteiger partial charge is 1.00 e. The van der Waals surface area contributed by atoms with E-state index in [4.69, 9.17) is 16.7 Å². The van der Waals surface area contributed by atoms with Crippen molar-refractivity contribution in [1.82, 2.24) is 0 Å². The van der Waals surface area contributed by atoms with Gasteiger partial charge in [0.2, 0.25) is 0 Å². The lowest BCUT2D eigenvalue weighted by Crippen LogP contribution is -3.00. The summed E-state index contributed by atoms with van der Waals surface area (Å²) in [5.74, 6) is 0. The monoisotopic (exact) mass is 263 g/mol. The van der Waals surface area contributed by atoms with Gasteiger partial charge in [-0.2, -0.15) is 0 Å². The van der Waals surface area contributed by atoms with Gasteiger partial charge in [0, 0.05) is 12.0 Å². The Kier molecular flexibility index (Phi) is 7.00. The van der Waals surface area contributed by atoms with Gasteiger partial charge < -0.3 is 22.0 Å². The third-order valence-corrected chi connectivity index (χ3v) is 2.64. The first-order chi connectivity index (χ1) is 6.99. The highest BCUT2D eigenvalue weighted by Crippen LogP contribution is 2.11. The van der Waals surface area contributed by atoms with Gasteiger partial charge in [0.1, 0.15) is 12.1 Å². The molecule has 1 atom stereocenters. The SMILES string of the molecule is C[N+](C)(CCC(O)Cl)Cc1ccccc1.[Cl-]. The highest BCUT2D eigenvalue weighted by Gasteiger charge is 2.16. The number of aliphatic hydroxyl groups excluding tert-OH is 1. The summed E-state index contributed by atoms with van der Waals surface area (Å²) < 4.78 is 0.841. The van der Waals surface area contributed by atoms with Crippen LogP contribution in [0.4, 0.5) is 0 Å². The number of halogens is 2. The molecule has 1 rings (SSSR count). The molecule has 1 N–H and O–H groups in total. The highest BCUT2D eigenvalue weighted by atomic mass is 35.5. The van der Waals surface area contributed by atoms with E-state index in [1.54, 1.807) is 0 Å². The van der Waals surface area contributed by atoms with Gasteiger partial charge in [-0.25, -0.2) is 0 Å². The van der Waals surface area contributed by atoms with Crippen LogP contribution in [0.2, 0.25) is 0 Å². The minimum atomic E-state index is -0.724. The molecular weight excluding hydrogens is 245 g/mol. The molecule has 0 saturated carbocycles. The normalized spacial score (nSPS) is 13.0. The maximum absolute atomic E-state index is 9.04. The zero-order valence-corrected chi connectivity index (χ0v) is 11.2. The van der Waals surface area contributed by atoms with Crippen LogP contribution in [0.15, 0.2) is 30.3 Å². The summed E-state index contributed by atoms with van der Waals surface area (Å²) in [5, 5.41) is 9.04. The number of alkyl halides is 1. The summed E-state index contributed by atoms with van der Waals surface area (Å²) in [6.45, 7) is 1.84. The molecule has 92 valence electrons. The first-order valence-electron chi connectivity index (χ1n) is 5.18. The van der Waals surface area contributed by atoms with Crippen LogP contribution in [0.25, 0.3) is 0 Å². The molecule has 16 heavy (non-hydrogen) atoms. The van der Waals surface area contributed by atoms with Crippen molar-refractivity contribution in [2.75, 3.05) is 20.6 Å². The second-order valence-electron chi connectivity index (χ2n) is 4.53. The van der Waals surface area contributed by atoms with Crippen LogP contribution in [0, 0.1) is 0 Å². The topological polar surface area (TPSA) is 20.2 Å². The average Bonchev–Trinajstić information content (AvgIpc) is 2.16. The molecule has 0 aliphatic heterocycles. The van der Waals surface area contributed by atoms with E-state index in [0.717, 1.165) is 17.6 Å². The Morgan fingerprint density at radius 1 is 1.25 bits per heavy atom. The Balaban J connectivity index is 0.00000225. The third-order valence-electron chi connectivity index (χ3n) is 2.43. The van der Waals surface area contributed by atoms with E-state index in [1.165, 1.54) is 5.56 Å². The number of rotatable bonds is 5. The number of benzene rings is 1. The van der Waals surface area contributed by atoms with Crippen LogP contribution < -0.4 is 12.4 Å². The van der Waals surface area contributed by atoms with Crippen LogP contribution in [-0.4, -0.2) is 35.8 Å². The predicted molar refractivity (Wildman–Crippen MR) is 63.6 cm³/mol. The van der Waals surface area contributed by atoms with E-state index in [0.29, 0.717) is 6.42 Å². The molecule has 0 amide bonds. The molecule has 0 aliphatic rings. The molecule has 2 nitrogen and oxygen atoms in total. The molecule has 1 unspecified atom stereocenters. The van der Waals surface area contributed by atoms with Gasteiger partial charge >= 0.3 is 0 Å². The van der Waals surface area contributed by atoms with E-state index in [2.05, 4.69) is 26.2 Å². The van der Waals surface area contributed by atoms with Crippen molar-refractivity contribution in [2.24, 2.45) is 0 Å². The summed E-state index contributed by atoms with van der Waals surface area (Å²) in [7, 11) is 4.29. The van der Waals surface area contributed by atoms with Crippen molar-refractivity contribution < 1.29 is 22.0 Å². The van der Waals surface area contributed by atoms with E-state index >= 15 is 0 Å². The number of aliphatic hydroxyl groups is 1. The molecule has 0 aliphatic carbocycles. The first-order valence-corrected chi connectivity index (χ1v) is 5.61. The van der Waals surface area contributed by atoms with Crippen molar-refractivity contribution in [3.63, 3.8) is 0 Å². The second kappa shape index (κ2) is 7.13. The van der Waals surface area contributed by atoms with Gasteiger partial charge in [-0.1, -0.05) is 41.9 Å². The number of nitrogens with zero attached hydrogens (tertiary/aromatic N) is 1. The van der Waals surface area contributed by atoms with Gasteiger partial charge in [0.05, 0.1) is 20.6 Å². The molecule has 1 aromatic carbocycles. The fourth-order valence-electron chi connectivity index (χ4n) is 1.61. The molecule has 0 fully saturated rings. The van der Waals surface area contributed by atoms with Crippen LogP contribution in [0.3, 0.4) is 0 Å². The molecule has 0 radical (unpaired) electrons. The smallest absolute Gasteiger partial charge is 0.133 e. The molecular formula is C12H19Cl2NO. The van der Waals surface area contributed by atoms with Gasteiger partial charge in [0.25, 0.3) is 0 Å². The van der Waals surface area contributed by atoms with Crippen LogP contribution >= 0.6 is 11.6 Å². The van der Waals surface area contributed by atoms with Gasteiger partial charge in [0.15, 0.2) is 0 Å². The molecule has 0 bridgehead atoms. The standard InChI is InChI=1S/C12H19ClNO.ClH/c1-14(2,9-8-12(13)15)10-11-6-4-3-5-7-11;/h3-7,12,15H,8-10H2,1-2H3;1H/q+1;/p-1. The number of quaternary nitrogens is 1. The molecule has 1 aromatic rings. The zero-order chi connectivity index (χ0) is 11.3. The first kappa shape index (κ1) is 15.7. The van der Waals surface area contributed by atoms with Crippen molar-refractivity contribution >= 4 is 11.6 Å². The second-order valence-corrected chi connectivity index (χ2v) is 5.03. The van der Waals surface area contributed by atoms with E-state index < -0.39 is 5.56 Å². The van der Waals surface area contributed by atoms with Gasteiger partial charge in [-0.05, 0) is 0 Å². The van der Waals surface area contributed by atoms with E-state index in [1.807, 2.05) is 18.2 Å². The lowest BCUT2D eigenvalue weighted by atomic mass is 10.2. The molecule has 0 saturated heterocycles. The highest BCUT2D eigenvalue weighted by molar-refractivity contribution is 6.19. The quantitative estimate of drug-likeness (QED) is 0.546. The Morgan fingerprint density at radius 2 is 1.81 bits per heavy atom. The van der Waals surface area contributed by atoms with Gasteiger partial charge in [-0.15, -0.1) is 0 Å². The number of hydrogen-bond acceptors (Lipinski definition) is 1. The third kappa shape index (κ3) is 6.33. The molecule has 0 spiro atoms. The minimum absolute atomic E-state index is 0. The maximum Gasteiger partial charge on any atom is 0.133 e. The van der Waals surface area contributed by atoms with Crippen LogP contribution in [0.1, 0.15) is 12.0 Å². The minimum Gasteiger partial charge on any atom is -1.00 e. The Labute approximate surface area is 109 Å². The van der Waals surface area contributed by atoms with E-state index in [-0.39, 0.29) is 12.4 Å². The van der Waals surface area contributed by atoms with Gasteiger partial charge in [-0.3, -0.25) is 0 Å². The molecule has 0 aromatic heterocycles. The summed E-state index contributed by atoms with van der Waals surface area (Å²) in [6, 6.07) is 10.4. The summed E-state index contributed by atoms with van der Waals surface area (Å²) in [5.41, 5.74) is 0.588. The van der Waals surface area contributed by atoms with Crippen LogP contribution in [0.5, 0.6) is 0 Å². The lowest BCUT2D eigenvalue weighted by molar-refractivity contribution is -0.904. The maximum atomic E-state index is 9.04. The Hall–Kier alpha value is -0.280. The number of hydrogen-bond donors (Lipinski definition) is 1. The molecule has 0 heterocycles. The van der Waals surface area contributed by atoms with Crippen molar-refractivity contribution in [3.05, 3.63) is 35.9 Å². The fraction of sp³-hybridized carbons (Fsp3) is 0.500. The molecule has 4 heteroatoms.